The number of fused-ring (bicyclic) bond motifs is 5. The van der Waals surface area contributed by atoms with Gasteiger partial charge < -0.3 is 14.6 Å². The second kappa shape index (κ2) is 3.30. The first-order chi connectivity index (χ1) is 9.38. The molecule has 0 spiro atoms. The van der Waals surface area contributed by atoms with Crippen LogP contribution in [-0.4, -0.2) is 47.2 Å². The third-order valence-corrected chi connectivity index (χ3v) is 5.56. The van der Waals surface area contributed by atoms with Crippen LogP contribution in [0.1, 0.15) is 13.8 Å². The Kier molecular flexibility index (Phi) is 2.05. The molecule has 5 heteroatoms. The fraction of sp³-hybridized carbons (Fsp3) is 0.600. The molecule has 0 aromatic heterocycles. The standard InChI is InChI=1S/C15H16O5/c1-6(5-16)15-9(17)4-8-11-12(19-11)10(18)7(2)14(8,3)13(15)20-15/h4,7,11-13,16H,1,5H2,2-3H3. The topological polar surface area (TPSA) is 79.4 Å². The van der Waals surface area contributed by atoms with Gasteiger partial charge in [0.1, 0.15) is 18.3 Å². The lowest BCUT2D eigenvalue weighted by atomic mass is 9.57. The van der Waals surface area contributed by atoms with Crippen molar-refractivity contribution in [1.82, 2.24) is 0 Å². The number of ketones is 2. The fourth-order valence-electron chi connectivity index (χ4n) is 3.97. The molecule has 0 bridgehead atoms. The van der Waals surface area contributed by atoms with Crippen molar-refractivity contribution in [3.63, 3.8) is 0 Å². The van der Waals surface area contributed by atoms with Crippen LogP contribution in [0.4, 0.5) is 0 Å². The summed E-state index contributed by atoms with van der Waals surface area (Å²) in [6, 6.07) is 0. The Labute approximate surface area is 116 Å². The quantitative estimate of drug-likeness (QED) is 0.574. The van der Waals surface area contributed by atoms with Gasteiger partial charge in [0.15, 0.2) is 17.2 Å². The number of carbonyl (C=O) groups excluding carboxylic acids is 2. The average Bonchev–Trinajstić information content (AvgIpc) is 3.30. The summed E-state index contributed by atoms with van der Waals surface area (Å²) >= 11 is 0. The van der Waals surface area contributed by atoms with Crippen LogP contribution in [-0.2, 0) is 19.1 Å². The predicted octanol–water partition coefficient (Wildman–Crippen LogP) is 0.174. The minimum absolute atomic E-state index is 0.0722. The number of aliphatic hydroxyl groups is 1. The zero-order valence-corrected chi connectivity index (χ0v) is 11.4. The van der Waals surface area contributed by atoms with E-state index < -0.39 is 17.1 Å². The van der Waals surface area contributed by atoms with Gasteiger partial charge in [0.05, 0.1) is 6.61 Å². The van der Waals surface area contributed by atoms with Gasteiger partial charge in [-0.15, -0.1) is 0 Å². The smallest absolute Gasteiger partial charge is 0.194 e. The molecule has 6 atom stereocenters. The highest BCUT2D eigenvalue weighted by molar-refractivity contribution is 6.06. The molecule has 3 fully saturated rings. The molecule has 2 aliphatic carbocycles. The van der Waals surface area contributed by atoms with E-state index in [2.05, 4.69) is 6.58 Å². The maximum atomic E-state index is 12.4. The third-order valence-electron chi connectivity index (χ3n) is 5.56. The van der Waals surface area contributed by atoms with E-state index in [-0.39, 0.29) is 36.3 Å². The van der Waals surface area contributed by atoms with Gasteiger partial charge >= 0.3 is 0 Å². The first kappa shape index (κ1) is 12.4. The monoisotopic (exact) mass is 276 g/mol. The number of ether oxygens (including phenoxy) is 2. The third kappa shape index (κ3) is 1.08. The number of hydrogen-bond acceptors (Lipinski definition) is 5. The zero-order chi connectivity index (χ0) is 14.4. The van der Waals surface area contributed by atoms with E-state index in [1.165, 1.54) is 0 Å². The Balaban J connectivity index is 1.86. The summed E-state index contributed by atoms with van der Waals surface area (Å²) in [5.41, 5.74) is -0.463. The van der Waals surface area contributed by atoms with E-state index in [0.717, 1.165) is 5.57 Å². The summed E-state index contributed by atoms with van der Waals surface area (Å²) in [6.45, 7) is 7.27. The van der Waals surface area contributed by atoms with Gasteiger partial charge in [0, 0.05) is 11.3 Å². The van der Waals surface area contributed by atoms with Gasteiger partial charge in [-0.3, -0.25) is 9.59 Å². The average molecular weight is 276 g/mol. The molecule has 1 N–H and O–H groups in total. The van der Waals surface area contributed by atoms with Gasteiger partial charge in [-0.05, 0) is 17.2 Å². The van der Waals surface area contributed by atoms with E-state index in [4.69, 9.17) is 9.47 Å². The highest BCUT2D eigenvalue weighted by Gasteiger charge is 2.78. The van der Waals surface area contributed by atoms with E-state index in [1.807, 2.05) is 13.8 Å². The number of carbonyl (C=O) groups is 2. The molecular formula is C15H16O5. The van der Waals surface area contributed by atoms with Crippen molar-refractivity contribution in [2.45, 2.75) is 37.8 Å². The first-order valence-corrected chi connectivity index (χ1v) is 6.81. The molecular weight excluding hydrogens is 260 g/mol. The Morgan fingerprint density at radius 1 is 1.45 bits per heavy atom. The maximum absolute atomic E-state index is 12.4. The second-order valence-corrected chi connectivity index (χ2v) is 6.34. The van der Waals surface area contributed by atoms with Gasteiger partial charge in [0.25, 0.3) is 0 Å². The van der Waals surface area contributed by atoms with Gasteiger partial charge in [0.2, 0.25) is 0 Å². The molecule has 5 nitrogen and oxygen atoms in total. The lowest BCUT2D eigenvalue weighted by Crippen LogP contribution is -2.52. The van der Waals surface area contributed by atoms with Gasteiger partial charge in [-0.1, -0.05) is 20.4 Å². The van der Waals surface area contributed by atoms with Gasteiger partial charge in [-0.25, -0.2) is 0 Å². The van der Waals surface area contributed by atoms with Crippen molar-refractivity contribution in [2.75, 3.05) is 6.61 Å². The number of Topliss-reactive ketones (excluding diaryl/α,β-unsaturated/α-hetero) is 1. The molecule has 2 aliphatic heterocycles. The summed E-state index contributed by atoms with van der Waals surface area (Å²) in [6.07, 6.45) is 0.478. The summed E-state index contributed by atoms with van der Waals surface area (Å²) in [4.78, 5) is 24.6. The number of hydrogen-bond donors (Lipinski definition) is 1. The molecule has 106 valence electrons. The van der Waals surface area contributed by atoms with E-state index in [9.17, 15) is 14.7 Å². The van der Waals surface area contributed by atoms with Crippen LogP contribution >= 0.6 is 0 Å². The van der Waals surface area contributed by atoms with Crippen LogP contribution in [0.15, 0.2) is 23.8 Å². The van der Waals surface area contributed by atoms with E-state index >= 15 is 0 Å². The number of rotatable bonds is 2. The Morgan fingerprint density at radius 2 is 2.15 bits per heavy atom. The summed E-state index contributed by atoms with van der Waals surface area (Å²) in [5.74, 6) is -0.392. The largest absolute Gasteiger partial charge is 0.392 e. The zero-order valence-electron chi connectivity index (χ0n) is 11.4. The maximum Gasteiger partial charge on any atom is 0.194 e. The van der Waals surface area contributed by atoms with Crippen LogP contribution < -0.4 is 0 Å². The molecule has 0 amide bonds. The van der Waals surface area contributed by atoms with Crippen LogP contribution in [0, 0.1) is 11.3 Å². The van der Waals surface area contributed by atoms with E-state index in [0.29, 0.717) is 5.57 Å². The van der Waals surface area contributed by atoms with Crippen molar-refractivity contribution in [3.05, 3.63) is 23.8 Å². The molecule has 2 saturated heterocycles. The lowest BCUT2D eigenvalue weighted by Gasteiger charge is -2.41. The number of epoxide rings is 2. The normalized spacial score (nSPS) is 51.6. The Hall–Kier alpha value is -1.30. The highest BCUT2D eigenvalue weighted by atomic mass is 16.6. The van der Waals surface area contributed by atoms with Crippen molar-refractivity contribution in [1.29, 1.82) is 0 Å². The first-order valence-electron chi connectivity index (χ1n) is 6.81. The summed E-state index contributed by atoms with van der Waals surface area (Å²) in [5, 5.41) is 9.31. The van der Waals surface area contributed by atoms with Crippen LogP contribution in [0.25, 0.3) is 0 Å². The number of aliphatic hydroxyl groups excluding tert-OH is 1. The van der Waals surface area contributed by atoms with E-state index in [1.54, 1.807) is 6.08 Å². The molecule has 0 radical (unpaired) electrons. The van der Waals surface area contributed by atoms with Crippen molar-refractivity contribution in [2.24, 2.45) is 11.3 Å². The molecule has 0 aromatic rings. The fourth-order valence-corrected chi connectivity index (χ4v) is 3.97. The molecule has 2 heterocycles. The van der Waals surface area contributed by atoms with Crippen molar-refractivity contribution in [3.8, 4) is 0 Å². The summed E-state index contributed by atoms with van der Waals surface area (Å²) in [7, 11) is 0. The van der Waals surface area contributed by atoms with Crippen LogP contribution in [0.2, 0.25) is 0 Å². The molecule has 4 rings (SSSR count). The molecule has 20 heavy (non-hydrogen) atoms. The SMILES string of the molecule is C=C(CO)C12OC1C1(C)C(=CC2=O)C2OC2C(=O)C1C. The summed E-state index contributed by atoms with van der Waals surface area (Å²) < 4.78 is 11.2. The minimum atomic E-state index is -1.14. The minimum Gasteiger partial charge on any atom is -0.392 e. The molecule has 4 aliphatic rings. The predicted molar refractivity (Wildman–Crippen MR) is 67.9 cm³/mol. The van der Waals surface area contributed by atoms with Crippen molar-refractivity contribution < 1.29 is 24.2 Å². The van der Waals surface area contributed by atoms with Gasteiger partial charge in [-0.2, -0.15) is 0 Å². The van der Waals surface area contributed by atoms with Crippen LogP contribution in [0.3, 0.4) is 0 Å². The van der Waals surface area contributed by atoms with Crippen LogP contribution in [0.5, 0.6) is 0 Å². The Bertz CT molecular complexity index is 605. The molecule has 0 aromatic carbocycles. The lowest BCUT2D eigenvalue weighted by molar-refractivity contribution is -0.128. The highest BCUT2D eigenvalue weighted by Crippen LogP contribution is 2.65. The van der Waals surface area contributed by atoms with Crippen molar-refractivity contribution >= 4 is 11.6 Å². The molecule has 6 unspecified atom stereocenters. The molecule has 1 saturated carbocycles. The Morgan fingerprint density at radius 3 is 2.80 bits per heavy atom. The second-order valence-electron chi connectivity index (χ2n) is 6.34.